The molecule has 1 aliphatic rings. The van der Waals surface area contributed by atoms with Crippen LogP contribution in [0.5, 0.6) is 0 Å². The minimum Gasteiger partial charge on any atom is -0.273 e. The molecular formula is C15H15NO3S2. The average molecular weight is 321 g/mol. The fraction of sp³-hybridized carbons (Fsp3) is 0.267. The van der Waals surface area contributed by atoms with Crippen LogP contribution in [0.15, 0.2) is 52.1 Å². The van der Waals surface area contributed by atoms with Crippen molar-refractivity contribution < 1.29 is 13.2 Å². The molecule has 1 saturated carbocycles. The lowest BCUT2D eigenvalue weighted by Gasteiger charge is -2.16. The van der Waals surface area contributed by atoms with E-state index in [2.05, 4.69) is 4.72 Å². The van der Waals surface area contributed by atoms with E-state index in [0.717, 1.165) is 18.4 Å². The number of benzene rings is 1. The molecule has 2 aromatic rings. The summed E-state index contributed by atoms with van der Waals surface area (Å²) in [5, 5.41) is 3.19. The van der Waals surface area contributed by atoms with Gasteiger partial charge in [0.05, 0.1) is 10.8 Å². The molecule has 4 nitrogen and oxygen atoms in total. The van der Waals surface area contributed by atoms with Crippen LogP contribution in [-0.2, 0) is 14.8 Å². The third kappa shape index (κ3) is 3.16. The molecule has 1 heterocycles. The predicted molar refractivity (Wildman–Crippen MR) is 81.6 cm³/mol. The van der Waals surface area contributed by atoms with Crippen LogP contribution in [0, 0.1) is 5.92 Å². The van der Waals surface area contributed by atoms with E-state index in [4.69, 9.17) is 0 Å². The van der Waals surface area contributed by atoms with Gasteiger partial charge in [0.2, 0.25) is 5.91 Å². The number of hydrogen-bond donors (Lipinski definition) is 1. The monoisotopic (exact) mass is 321 g/mol. The zero-order valence-electron chi connectivity index (χ0n) is 11.2. The van der Waals surface area contributed by atoms with Gasteiger partial charge in [0.1, 0.15) is 0 Å². The maximum Gasteiger partial charge on any atom is 0.264 e. The first-order valence-electron chi connectivity index (χ1n) is 6.72. The summed E-state index contributed by atoms with van der Waals surface area (Å²) in [7, 11) is -3.76. The molecule has 6 heteroatoms. The summed E-state index contributed by atoms with van der Waals surface area (Å²) >= 11 is 1.29. The van der Waals surface area contributed by atoms with Gasteiger partial charge < -0.3 is 0 Å². The smallest absolute Gasteiger partial charge is 0.264 e. The first-order chi connectivity index (χ1) is 10.1. The van der Waals surface area contributed by atoms with Crippen molar-refractivity contribution in [2.75, 3.05) is 0 Å². The molecule has 1 atom stereocenters. The standard InChI is InChI=1S/C15H15NO3S2/c17-15(16-21(18,19)13-8-9-20-10-13)14(12-6-7-12)11-4-2-1-3-5-11/h1-5,8-10,12,14H,6-7H2,(H,16,17)/t14-/m0/s1. The van der Waals surface area contributed by atoms with E-state index >= 15 is 0 Å². The Morgan fingerprint density at radius 1 is 1.19 bits per heavy atom. The summed E-state index contributed by atoms with van der Waals surface area (Å²) < 4.78 is 26.5. The van der Waals surface area contributed by atoms with Crippen molar-refractivity contribution in [2.45, 2.75) is 23.7 Å². The summed E-state index contributed by atoms with van der Waals surface area (Å²) in [4.78, 5) is 12.6. The first kappa shape index (κ1) is 14.3. The van der Waals surface area contributed by atoms with Crippen LogP contribution >= 0.6 is 11.3 Å². The molecule has 1 aromatic heterocycles. The SMILES string of the molecule is O=C(NS(=O)(=O)c1ccsc1)[C@@H](c1ccccc1)C1CC1. The second kappa shape index (κ2) is 5.61. The highest BCUT2D eigenvalue weighted by atomic mass is 32.2. The van der Waals surface area contributed by atoms with Crippen molar-refractivity contribution >= 4 is 27.3 Å². The minimum atomic E-state index is -3.76. The third-order valence-electron chi connectivity index (χ3n) is 3.57. The fourth-order valence-corrected chi connectivity index (χ4v) is 4.42. The van der Waals surface area contributed by atoms with Gasteiger partial charge >= 0.3 is 0 Å². The van der Waals surface area contributed by atoms with Gasteiger partial charge in [0, 0.05) is 5.38 Å². The van der Waals surface area contributed by atoms with E-state index in [9.17, 15) is 13.2 Å². The van der Waals surface area contributed by atoms with E-state index in [1.165, 1.54) is 22.8 Å². The Labute approximate surface area is 127 Å². The van der Waals surface area contributed by atoms with Crippen LogP contribution in [0.25, 0.3) is 0 Å². The maximum atomic E-state index is 12.4. The van der Waals surface area contributed by atoms with Crippen molar-refractivity contribution in [2.24, 2.45) is 5.92 Å². The highest BCUT2D eigenvalue weighted by molar-refractivity contribution is 7.90. The molecule has 0 saturated heterocycles. The summed E-state index contributed by atoms with van der Waals surface area (Å²) in [5.74, 6) is -0.584. The largest absolute Gasteiger partial charge is 0.273 e. The summed E-state index contributed by atoms with van der Waals surface area (Å²) in [6.07, 6.45) is 1.93. The molecular weight excluding hydrogens is 306 g/mol. The van der Waals surface area contributed by atoms with E-state index in [-0.39, 0.29) is 16.7 Å². The summed E-state index contributed by atoms with van der Waals surface area (Å²) in [5.41, 5.74) is 0.873. The van der Waals surface area contributed by atoms with Crippen LogP contribution in [0.3, 0.4) is 0 Å². The quantitative estimate of drug-likeness (QED) is 0.921. The molecule has 1 N–H and O–H groups in total. The highest BCUT2D eigenvalue weighted by Gasteiger charge is 2.38. The number of carbonyl (C=O) groups excluding carboxylic acids is 1. The number of rotatable bonds is 5. The molecule has 110 valence electrons. The molecule has 0 aliphatic heterocycles. The molecule has 1 aliphatic carbocycles. The number of carbonyl (C=O) groups is 1. The predicted octanol–water partition coefficient (Wildman–Crippen LogP) is 2.75. The summed E-state index contributed by atoms with van der Waals surface area (Å²) in [6, 6.07) is 10.9. The van der Waals surface area contributed by atoms with Crippen molar-refractivity contribution in [1.82, 2.24) is 4.72 Å². The Balaban J connectivity index is 1.83. The second-order valence-corrected chi connectivity index (χ2v) is 7.62. The number of nitrogens with one attached hydrogen (secondary N) is 1. The average Bonchev–Trinajstić information content (AvgIpc) is 3.11. The van der Waals surface area contributed by atoms with Crippen LogP contribution in [0.4, 0.5) is 0 Å². The fourth-order valence-electron chi connectivity index (χ4n) is 2.39. The number of amides is 1. The van der Waals surface area contributed by atoms with Crippen molar-refractivity contribution in [3.63, 3.8) is 0 Å². The van der Waals surface area contributed by atoms with E-state index in [1.807, 2.05) is 30.3 Å². The molecule has 0 radical (unpaired) electrons. The Morgan fingerprint density at radius 2 is 1.90 bits per heavy atom. The topological polar surface area (TPSA) is 63.2 Å². The lowest BCUT2D eigenvalue weighted by molar-refractivity contribution is -0.121. The third-order valence-corrected chi connectivity index (χ3v) is 5.75. The lowest BCUT2D eigenvalue weighted by Crippen LogP contribution is -2.35. The molecule has 0 bridgehead atoms. The van der Waals surface area contributed by atoms with Crippen LogP contribution < -0.4 is 4.72 Å². The van der Waals surface area contributed by atoms with Gasteiger partial charge in [-0.2, -0.15) is 11.3 Å². The van der Waals surface area contributed by atoms with Gasteiger partial charge in [-0.15, -0.1) is 0 Å². The second-order valence-electron chi connectivity index (χ2n) is 5.15. The van der Waals surface area contributed by atoms with Crippen LogP contribution in [0.2, 0.25) is 0 Å². The van der Waals surface area contributed by atoms with Crippen molar-refractivity contribution in [3.05, 3.63) is 52.7 Å². The molecule has 1 fully saturated rings. The Hall–Kier alpha value is -1.66. The van der Waals surface area contributed by atoms with Crippen molar-refractivity contribution in [1.29, 1.82) is 0 Å². The molecule has 0 unspecified atom stereocenters. The Kier molecular flexibility index (Phi) is 3.82. The number of hydrogen-bond acceptors (Lipinski definition) is 4. The zero-order chi connectivity index (χ0) is 14.9. The summed E-state index contributed by atoms with van der Waals surface area (Å²) in [6.45, 7) is 0. The van der Waals surface area contributed by atoms with Gasteiger partial charge in [-0.3, -0.25) is 4.79 Å². The maximum absolute atomic E-state index is 12.4. The van der Waals surface area contributed by atoms with Crippen LogP contribution in [-0.4, -0.2) is 14.3 Å². The molecule has 3 rings (SSSR count). The van der Waals surface area contributed by atoms with E-state index in [1.54, 1.807) is 5.38 Å². The van der Waals surface area contributed by atoms with Gasteiger partial charge in [-0.25, -0.2) is 13.1 Å². The Morgan fingerprint density at radius 3 is 2.48 bits per heavy atom. The molecule has 0 spiro atoms. The van der Waals surface area contributed by atoms with Gasteiger partial charge in [0.25, 0.3) is 10.0 Å². The van der Waals surface area contributed by atoms with E-state index in [0.29, 0.717) is 0 Å². The van der Waals surface area contributed by atoms with Gasteiger partial charge in [0.15, 0.2) is 0 Å². The van der Waals surface area contributed by atoms with Gasteiger partial charge in [-0.05, 0) is 35.8 Å². The van der Waals surface area contributed by atoms with E-state index < -0.39 is 15.9 Å². The first-order valence-corrected chi connectivity index (χ1v) is 9.14. The molecule has 1 aromatic carbocycles. The Bertz CT molecular complexity index is 720. The number of sulfonamides is 1. The molecule has 1 amide bonds. The lowest BCUT2D eigenvalue weighted by atomic mass is 9.94. The normalized spacial score (nSPS) is 16.4. The highest BCUT2D eigenvalue weighted by Crippen LogP contribution is 2.42. The minimum absolute atomic E-state index is 0.142. The van der Waals surface area contributed by atoms with Gasteiger partial charge in [-0.1, -0.05) is 30.3 Å². The van der Waals surface area contributed by atoms with Crippen LogP contribution in [0.1, 0.15) is 24.3 Å². The molecule has 21 heavy (non-hydrogen) atoms. The van der Waals surface area contributed by atoms with Crippen molar-refractivity contribution in [3.8, 4) is 0 Å². The number of thiophene rings is 1. The zero-order valence-corrected chi connectivity index (χ0v) is 12.9.